The molecule has 1 rings (SSSR count). The molecule has 7 heteroatoms. The Morgan fingerprint density at radius 3 is 2.61 bits per heavy atom. The summed E-state index contributed by atoms with van der Waals surface area (Å²) >= 11 is 0. The van der Waals surface area contributed by atoms with E-state index in [-0.39, 0.29) is 5.75 Å². The van der Waals surface area contributed by atoms with Crippen LogP contribution in [0.15, 0.2) is 18.2 Å². The number of ether oxygens (including phenoxy) is 2. The van der Waals surface area contributed by atoms with Crippen LogP contribution in [0, 0.1) is 5.82 Å². The summed E-state index contributed by atoms with van der Waals surface area (Å²) in [5, 5.41) is 8.25. The lowest BCUT2D eigenvalue weighted by molar-refractivity contribution is -0.147. The molecule has 0 fully saturated rings. The Morgan fingerprint density at radius 1 is 1.44 bits per heavy atom. The normalized spacial score (nSPS) is 11.3. The van der Waals surface area contributed by atoms with Gasteiger partial charge >= 0.3 is 5.97 Å². The van der Waals surface area contributed by atoms with Gasteiger partial charge in [0.05, 0.1) is 7.11 Å². The molecule has 0 bridgehead atoms. The number of hydrogen-bond acceptors (Lipinski definition) is 3. The molecule has 4 nitrogen and oxygen atoms in total. The molecule has 100 valence electrons. The summed E-state index contributed by atoms with van der Waals surface area (Å²) in [5.41, 5.74) is -0.605. The highest BCUT2D eigenvalue weighted by atomic mass is 19.3. The molecule has 0 radical (unpaired) electrons. The van der Waals surface area contributed by atoms with Gasteiger partial charge < -0.3 is 14.6 Å². The van der Waals surface area contributed by atoms with E-state index in [1.165, 1.54) is 7.11 Å². The Hall–Kier alpha value is -1.76. The first-order chi connectivity index (χ1) is 8.36. The summed E-state index contributed by atoms with van der Waals surface area (Å²) in [5.74, 6) is -5.90. The van der Waals surface area contributed by atoms with E-state index in [1.54, 1.807) is 0 Å². The van der Waals surface area contributed by atoms with Gasteiger partial charge in [0.1, 0.15) is 13.2 Å². The molecule has 0 unspecified atom stereocenters. The summed E-state index contributed by atoms with van der Waals surface area (Å²) in [7, 11) is 1.21. The second-order valence-corrected chi connectivity index (χ2v) is 3.44. The van der Waals surface area contributed by atoms with E-state index < -0.39 is 36.5 Å². The zero-order chi connectivity index (χ0) is 13.8. The first-order valence-corrected chi connectivity index (χ1v) is 4.88. The number of hydrogen-bond donors (Lipinski definition) is 1. The van der Waals surface area contributed by atoms with Crippen molar-refractivity contribution in [1.82, 2.24) is 0 Å². The first kappa shape index (κ1) is 14.3. The zero-order valence-electron chi connectivity index (χ0n) is 9.45. The number of rotatable bonds is 6. The Bertz CT molecular complexity index is 434. The maximum absolute atomic E-state index is 13.5. The molecule has 1 aromatic rings. The number of carboxylic acid groups (broad SMARTS) is 1. The standard InChI is InChI=1S/C11H11F3O4/c1-17-9-3-2-7(4-8(9)12)11(13,14)6-18-5-10(15)16/h2-4H,5-6H2,1H3,(H,15,16). The highest BCUT2D eigenvalue weighted by molar-refractivity contribution is 5.68. The second-order valence-electron chi connectivity index (χ2n) is 3.44. The molecule has 0 saturated heterocycles. The molecule has 0 aromatic heterocycles. The minimum absolute atomic E-state index is 0.152. The van der Waals surface area contributed by atoms with E-state index in [1.807, 2.05) is 0 Å². The summed E-state index contributed by atoms with van der Waals surface area (Å²) in [6, 6.07) is 2.69. The van der Waals surface area contributed by atoms with Gasteiger partial charge in [-0.25, -0.2) is 9.18 Å². The number of methoxy groups -OCH3 is 1. The van der Waals surface area contributed by atoms with E-state index >= 15 is 0 Å². The molecule has 0 aliphatic carbocycles. The third kappa shape index (κ3) is 3.63. The quantitative estimate of drug-likeness (QED) is 0.854. The molecule has 1 aromatic carbocycles. The van der Waals surface area contributed by atoms with Crippen LogP contribution in [0.3, 0.4) is 0 Å². The van der Waals surface area contributed by atoms with Gasteiger partial charge in [-0.3, -0.25) is 0 Å². The topological polar surface area (TPSA) is 55.8 Å². The second kappa shape index (κ2) is 5.72. The maximum Gasteiger partial charge on any atom is 0.329 e. The summed E-state index contributed by atoms with van der Waals surface area (Å²) < 4.78 is 49.1. The van der Waals surface area contributed by atoms with Gasteiger partial charge in [-0.15, -0.1) is 0 Å². The van der Waals surface area contributed by atoms with Crippen molar-refractivity contribution >= 4 is 5.97 Å². The molecule has 0 heterocycles. The third-order valence-corrected chi connectivity index (χ3v) is 2.08. The molecule has 0 aliphatic heterocycles. The van der Waals surface area contributed by atoms with Crippen LogP contribution in [-0.2, 0) is 15.5 Å². The predicted octanol–water partition coefficient (Wildman–Crippen LogP) is 2.03. The van der Waals surface area contributed by atoms with Gasteiger partial charge in [-0.05, 0) is 18.2 Å². The van der Waals surface area contributed by atoms with Crippen molar-refractivity contribution in [2.24, 2.45) is 0 Å². The molecule has 0 atom stereocenters. The van der Waals surface area contributed by atoms with Crippen LogP contribution in [0.5, 0.6) is 5.75 Å². The smallest absolute Gasteiger partial charge is 0.329 e. The van der Waals surface area contributed by atoms with Crippen LogP contribution in [-0.4, -0.2) is 31.4 Å². The molecular formula is C11H11F3O4. The molecule has 0 amide bonds. The van der Waals surface area contributed by atoms with Gasteiger partial charge in [0.25, 0.3) is 5.92 Å². The van der Waals surface area contributed by atoms with E-state index in [9.17, 15) is 18.0 Å². The lowest BCUT2D eigenvalue weighted by Gasteiger charge is -2.16. The minimum atomic E-state index is -3.47. The van der Waals surface area contributed by atoms with Crippen LogP contribution in [0.2, 0.25) is 0 Å². The predicted molar refractivity (Wildman–Crippen MR) is 55.3 cm³/mol. The van der Waals surface area contributed by atoms with Crippen molar-refractivity contribution in [3.63, 3.8) is 0 Å². The van der Waals surface area contributed by atoms with E-state index in [0.29, 0.717) is 6.07 Å². The fourth-order valence-corrected chi connectivity index (χ4v) is 1.24. The molecule has 0 spiro atoms. The Labute approximate surface area is 101 Å². The van der Waals surface area contributed by atoms with E-state index in [4.69, 9.17) is 5.11 Å². The van der Waals surface area contributed by atoms with E-state index in [0.717, 1.165) is 12.1 Å². The summed E-state index contributed by atoms with van der Waals surface area (Å²) in [6.07, 6.45) is 0. The van der Waals surface area contributed by atoms with Crippen LogP contribution >= 0.6 is 0 Å². The number of aliphatic carboxylic acids is 1. The average molecular weight is 264 g/mol. The Balaban J connectivity index is 2.77. The largest absolute Gasteiger partial charge is 0.494 e. The average Bonchev–Trinajstić information content (AvgIpc) is 2.28. The number of halogens is 3. The van der Waals surface area contributed by atoms with Gasteiger partial charge in [0.2, 0.25) is 0 Å². The molecule has 18 heavy (non-hydrogen) atoms. The zero-order valence-corrected chi connectivity index (χ0v) is 9.45. The SMILES string of the molecule is COc1ccc(C(F)(F)COCC(=O)O)cc1F. The summed E-state index contributed by atoms with van der Waals surface area (Å²) in [4.78, 5) is 10.1. The fourth-order valence-electron chi connectivity index (χ4n) is 1.24. The van der Waals surface area contributed by atoms with Gasteiger partial charge in [0.15, 0.2) is 11.6 Å². The van der Waals surface area contributed by atoms with Gasteiger partial charge in [0, 0.05) is 5.56 Å². The molecule has 1 N–H and O–H groups in total. The van der Waals surface area contributed by atoms with Gasteiger partial charge in [-0.2, -0.15) is 8.78 Å². The number of benzene rings is 1. The minimum Gasteiger partial charge on any atom is -0.494 e. The fraction of sp³-hybridized carbons (Fsp3) is 0.364. The number of carboxylic acids is 1. The Morgan fingerprint density at radius 2 is 2.11 bits per heavy atom. The first-order valence-electron chi connectivity index (χ1n) is 4.88. The molecule has 0 aliphatic rings. The van der Waals surface area contributed by atoms with Crippen molar-refractivity contribution in [2.45, 2.75) is 5.92 Å². The van der Waals surface area contributed by atoms with Crippen LogP contribution in [0.4, 0.5) is 13.2 Å². The lowest BCUT2D eigenvalue weighted by atomic mass is 10.1. The lowest BCUT2D eigenvalue weighted by Crippen LogP contribution is -2.23. The maximum atomic E-state index is 13.5. The van der Waals surface area contributed by atoms with Crippen molar-refractivity contribution in [1.29, 1.82) is 0 Å². The molecular weight excluding hydrogens is 253 g/mol. The third-order valence-electron chi connectivity index (χ3n) is 2.08. The Kier molecular flexibility index (Phi) is 4.55. The van der Waals surface area contributed by atoms with E-state index in [2.05, 4.69) is 9.47 Å². The number of carbonyl (C=O) groups is 1. The van der Waals surface area contributed by atoms with Crippen molar-refractivity contribution in [3.8, 4) is 5.75 Å². The highest BCUT2D eigenvalue weighted by Gasteiger charge is 2.33. The van der Waals surface area contributed by atoms with Crippen LogP contribution in [0.25, 0.3) is 0 Å². The molecule has 0 saturated carbocycles. The monoisotopic (exact) mass is 264 g/mol. The number of alkyl halides is 2. The highest BCUT2D eigenvalue weighted by Crippen LogP contribution is 2.31. The van der Waals surface area contributed by atoms with Crippen molar-refractivity contribution in [2.75, 3.05) is 20.3 Å². The van der Waals surface area contributed by atoms with Crippen molar-refractivity contribution in [3.05, 3.63) is 29.6 Å². The van der Waals surface area contributed by atoms with Gasteiger partial charge in [-0.1, -0.05) is 0 Å². The van der Waals surface area contributed by atoms with Crippen molar-refractivity contribution < 1.29 is 32.5 Å². The van der Waals surface area contributed by atoms with Crippen LogP contribution < -0.4 is 4.74 Å². The van der Waals surface area contributed by atoms with Crippen LogP contribution in [0.1, 0.15) is 5.56 Å². The summed E-state index contributed by atoms with van der Waals surface area (Å²) in [6.45, 7) is -1.97.